The summed E-state index contributed by atoms with van der Waals surface area (Å²) >= 11 is 0. The van der Waals surface area contributed by atoms with Crippen LogP contribution in [-0.4, -0.2) is 43.5 Å². The fraction of sp³-hybridized carbons (Fsp3) is 0.391. The molecule has 0 aromatic heterocycles. The van der Waals surface area contributed by atoms with Crippen LogP contribution in [0.25, 0.3) is 0 Å². The van der Waals surface area contributed by atoms with E-state index in [0.717, 1.165) is 48.6 Å². The first kappa shape index (κ1) is 20.9. The molecule has 1 saturated heterocycles. The van der Waals surface area contributed by atoms with Gasteiger partial charge in [-0.2, -0.15) is 0 Å². The highest BCUT2D eigenvalue weighted by molar-refractivity contribution is 5.93. The molecule has 0 bridgehead atoms. The molecule has 0 saturated carbocycles. The van der Waals surface area contributed by atoms with Crippen LogP contribution < -0.4 is 15.4 Å². The maximum atomic E-state index is 12.5. The van der Waals surface area contributed by atoms with E-state index in [-0.39, 0.29) is 17.7 Å². The van der Waals surface area contributed by atoms with Crippen molar-refractivity contribution in [1.82, 2.24) is 4.90 Å². The molecule has 29 heavy (non-hydrogen) atoms. The zero-order chi connectivity index (χ0) is 20.8. The lowest BCUT2D eigenvalue weighted by Crippen LogP contribution is -2.41. The zero-order valence-corrected chi connectivity index (χ0v) is 17.3. The minimum Gasteiger partial charge on any atom is -0.497 e. The SMILES string of the molecule is COc1ccc(NC(=O)C2CCN(CC(=O)Nc3ccc(C)c(C)c3)CC2)cc1. The quantitative estimate of drug-likeness (QED) is 0.784. The van der Waals surface area contributed by atoms with Gasteiger partial charge in [-0.05, 0) is 87.3 Å². The number of hydrogen-bond donors (Lipinski definition) is 2. The number of ether oxygens (including phenoxy) is 1. The molecule has 2 N–H and O–H groups in total. The van der Waals surface area contributed by atoms with Crippen LogP contribution in [0.4, 0.5) is 11.4 Å². The van der Waals surface area contributed by atoms with Crippen molar-refractivity contribution in [1.29, 1.82) is 0 Å². The summed E-state index contributed by atoms with van der Waals surface area (Å²) in [6.45, 7) is 5.91. The van der Waals surface area contributed by atoms with E-state index in [1.54, 1.807) is 7.11 Å². The average molecular weight is 396 g/mol. The number of likely N-dealkylation sites (tertiary alicyclic amines) is 1. The predicted molar refractivity (Wildman–Crippen MR) is 115 cm³/mol. The Morgan fingerprint density at radius 3 is 2.24 bits per heavy atom. The van der Waals surface area contributed by atoms with Crippen molar-refractivity contribution in [2.24, 2.45) is 5.92 Å². The van der Waals surface area contributed by atoms with Gasteiger partial charge in [0.1, 0.15) is 5.75 Å². The molecular weight excluding hydrogens is 366 g/mol. The second-order valence-electron chi connectivity index (χ2n) is 7.62. The Balaban J connectivity index is 1.43. The molecule has 2 aromatic carbocycles. The van der Waals surface area contributed by atoms with Gasteiger partial charge in [-0.1, -0.05) is 6.07 Å². The van der Waals surface area contributed by atoms with Gasteiger partial charge >= 0.3 is 0 Å². The van der Waals surface area contributed by atoms with E-state index < -0.39 is 0 Å². The number of carbonyl (C=O) groups excluding carboxylic acids is 2. The van der Waals surface area contributed by atoms with Gasteiger partial charge in [0.2, 0.25) is 11.8 Å². The third kappa shape index (κ3) is 5.81. The Hall–Kier alpha value is -2.86. The summed E-state index contributed by atoms with van der Waals surface area (Å²) in [6.07, 6.45) is 1.50. The molecule has 0 unspecified atom stereocenters. The minimum absolute atomic E-state index is 0.0191. The summed E-state index contributed by atoms with van der Waals surface area (Å²) in [5.74, 6) is 0.746. The summed E-state index contributed by atoms with van der Waals surface area (Å²) in [7, 11) is 1.61. The Morgan fingerprint density at radius 1 is 0.966 bits per heavy atom. The number of nitrogens with one attached hydrogen (secondary N) is 2. The Morgan fingerprint density at radius 2 is 1.62 bits per heavy atom. The van der Waals surface area contributed by atoms with Gasteiger partial charge in [-0.25, -0.2) is 0 Å². The highest BCUT2D eigenvalue weighted by Crippen LogP contribution is 2.21. The Labute approximate surface area is 172 Å². The van der Waals surface area contributed by atoms with E-state index >= 15 is 0 Å². The lowest BCUT2D eigenvalue weighted by Gasteiger charge is -2.30. The number of carbonyl (C=O) groups is 2. The fourth-order valence-electron chi connectivity index (χ4n) is 3.49. The molecular formula is C23H29N3O3. The van der Waals surface area contributed by atoms with Crippen molar-refractivity contribution in [3.63, 3.8) is 0 Å². The van der Waals surface area contributed by atoms with Crippen LogP contribution >= 0.6 is 0 Å². The van der Waals surface area contributed by atoms with E-state index in [0.29, 0.717) is 6.54 Å². The number of hydrogen-bond acceptors (Lipinski definition) is 4. The summed E-state index contributed by atoms with van der Waals surface area (Å²) in [5, 5.41) is 5.93. The van der Waals surface area contributed by atoms with Gasteiger partial charge in [0.25, 0.3) is 0 Å². The van der Waals surface area contributed by atoms with Gasteiger partial charge in [0.05, 0.1) is 13.7 Å². The third-order valence-corrected chi connectivity index (χ3v) is 5.47. The lowest BCUT2D eigenvalue weighted by atomic mass is 9.96. The Kier molecular flexibility index (Phi) is 6.88. The molecule has 6 nitrogen and oxygen atoms in total. The maximum absolute atomic E-state index is 12.5. The summed E-state index contributed by atoms with van der Waals surface area (Å²) in [6, 6.07) is 13.3. The summed E-state index contributed by atoms with van der Waals surface area (Å²) < 4.78 is 5.13. The smallest absolute Gasteiger partial charge is 0.238 e. The van der Waals surface area contributed by atoms with Crippen LogP contribution in [0.3, 0.4) is 0 Å². The second-order valence-corrected chi connectivity index (χ2v) is 7.62. The van der Waals surface area contributed by atoms with E-state index in [2.05, 4.69) is 22.5 Å². The molecule has 0 spiro atoms. The topological polar surface area (TPSA) is 70.7 Å². The van der Waals surface area contributed by atoms with Gasteiger partial charge in [0, 0.05) is 17.3 Å². The average Bonchev–Trinajstić information content (AvgIpc) is 2.72. The number of nitrogens with zero attached hydrogens (tertiary/aromatic N) is 1. The molecule has 1 aliphatic rings. The fourth-order valence-corrected chi connectivity index (χ4v) is 3.49. The first-order valence-electron chi connectivity index (χ1n) is 9.99. The lowest BCUT2D eigenvalue weighted by molar-refractivity contribution is -0.121. The normalized spacial score (nSPS) is 15.0. The van der Waals surface area contributed by atoms with Crippen molar-refractivity contribution < 1.29 is 14.3 Å². The molecule has 3 rings (SSSR count). The summed E-state index contributed by atoms with van der Waals surface area (Å²) in [4.78, 5) is 27.0. The van der Waals surface area contributed by atoms with Gasteiger partial charge in [0.15, 0.2) is 0 Å². The molecule has 154 valence electrons. The molecule has 2 amide bonds. The van der Waals surface area contributed by atoms with Crippen LogP contribution in [0, 0.1) is 19.8 Å². The van der Waals surface area contributed by atoms with Gasteiger partial charge in [-0.15, -0.1) is 0 Å². The molecule has 0 atom stereocenters. The zero-order valence-electron chi connectivity index (χ0n) is 17.3. The number of methoxy groups -OCH3 is 1. The van der Waals surface area contributed by atoms with Crippen LogP contribution in [0.2, 0.25) is 0 Å². The van der Waals surface area contributed by atoms with Crippen LogP contribution in [0.15, 0.2) is 42.5 Å². The molecule has 1 heterocycles. The number of piperidine rings is 1. The molecule has 1 aliphatic heterocycles. The number of anilines is 2. The van der Waals surface area contributed by atoms with E-state index in [4.69, 9.17) is 4.74 Å². The van der Waals surface area contributed by atoms with Crippen molar-refractivity contribution in [3.05, 3.63) is 53.6 Å². The van der Waals surface area contributed by atoms with E-state index in [1.165, 1.54) is 5.56 Å². The molecule has 0 radical (unpaired) electrons. The summed E-state index contributed by atoms with van der Waals surface area (Å²) in [5.41, 5.74) is 3.96. The van der Waals surface area contributed by atoms with Crippen LogP contribution in [-0.2, 0) is 9.59 Å². The highest BCUT2D eigenvalue weighted by atomic mass is 16.5. The second kappa shape index (κ2) is 9.56. The Bertz CT molecular complexity index is 856. The van der Waals surface area contributed by atoms with Crippen LogP contribution in [0.5, 0.6) is 5.75 Å². The molecule has 1 fully saturated rings. The van der Waals surface area contributed by atoms with Gasteiger partial charge < -0.3 is 15.4 Å². The maximum Gasteiger partial charge on any atom is 0.238 e. The number of aryl methyl sites for hydroxylation is 2. The van der Waals surface area contributed by atoms with Crippen molar-refractivity contribution >= 4 is 23.2 Å². The first-order valence-corrected chi connectivity index (χ1v) is 9.99. The van der Waals surface area contributed by atoms with Crippen molar-refractivity contribution in [3.8, 4) is 5.75 Å². The van der Waals surface area contributed by atoms with Crippen molar-refractivity contribution in [2.45, 2.75) is 26.7 Å². The molecule has 0 aliphatic carbocycles. The number of benzene rings is 2. The van der Waals surface area contributed by atoms with Crippen molar-refractivity contribution in [2.75, 3.05) is 37.4 Å². The van der Waals surface area contributed by atoms with Crippen LogP contribution in [0.1, 0.15) is 24.0 Å². The number of rotatable bonds is 6. The third-order valence-electron chi connectivity index (χ3n) is 5.47. The molecule has 6 heteroatoms. The predicted octanol–water partition coefficient (Wildman–Crippen LogP) is 3.60. The van der Waals surface area contributed by atoms with E-state index in [1.807, 2.05) is 49.4 Å². The first-order chi connectivity index (χ1) is 13.9. The monoisotopic (exact) mass is 395 g/mol. The molecule has 2 aromatic rings. The minimum atomic E-state index is -0.0313. The van der Waals surface area contributed by atoms with E-state index in [9.17, 15) is 9.59 Å². The number of amides is 2. The van der Waals surface area contributed by atoms with Gasteiger partial charge in [-0.3, -0.25) is 14.5 Å². The standard InChI is InChI=1S/C23H29N3O3/c1-16-4-5-20(14-17(16)2)24-22(27)15-26-12-10-18(11-13-26)23(28)25-19-6-8-21(29-3)9-7-19/h4-9,14,18H,10-13,15H2,1-3H3,(H,24,27)(H,25,28). The highest BCUT2D eigenvalue weighted by Gasteiger charge is 2.26. The largest absolute Gasteiger partial charge is 0.497 e.